The lowest BCUT2D eigenvalue weighted by atomic mass is 10.0. The van der Waals surface area contributed by atoms with Crippen molar-refractivity contribution < 1.29 is 28.5 Å². The van der Waals surface area contributed by atoms with Gasteiger partial charge in [-0.25, -0.2) is 4.39 Å². The molecule has 0 aliphatic rings. The highest BCUT2D eigenvalue weighted by Gasteiger charge is 2.13. The number of ether oxygens (including phenoxy) is 3. The number of aryl methyl sites for hydroxylation is 2. The fraction of sp³-hybridized carbons (Fsp3) is 0.269. The van der Waals surface area contributed by atoms with E-state index in [1.165, 1.54) is 12.1 Å². The van der Waals surface area contributed by atoms with Gasteiger partial charge in [-0.05, 0) is 67.8 Å². The van der Waals surface area contributed by atoms with Crippen molar-refractivity contribution >= 4 is 17.6 Å². The fourth-order valence-electron chi connectivity index (χ4n) is 3.22. The van der Waals surface area contributed by atoms with Crippen LogP contribution in [0.15, 0.2) is 60.7 Å². The molecule has 3 aromatic carbocycles. The molecule has 3 rings (SSSR count). The number of carbonyl (C=O) groups is 1. The average Bonchev–Trinajstić information content (AvgIpc) is 2.75. The number of carboxylic acids is 1. The summed E-state index contributed by atoms with van der Waals surface area (Å²) in [5, 5.41) is 9.32. The lowest BCUT2D eigenvalue weighted by molar-refractivity contribution is -0.136. The molecule has 1 atom stereocenters. The Labute approximate surface area is 197 Å². The maximum Gasteiger partial charge on any atom is 0.303 e. The Morgan fingerprint density at radius 1 is 1.06 bits per heavy atom. The van der Waals surface area contributed by atoms with E-state index in [0.717, 1.165) is 16.9 Å². The van der Waals surface area contributed by atoms with Gasteiger partial charge in [0, 0.05) is 30.0 Å². The SMILES string of the molecule is Cc1cc(OCCC(C)Oc2ccc(Cl)cc2Oc2cccc(F)c2)ccc1CCC(=O)O. The van der Waals surface area contributed by atoms with Crippen molar-refractivity contribution in [2.75, 3.05) is 6.61 Å². The summed E-state index contributed by atoms with van der Waals surface area (Å²) in [6.07, 6.45) is 1.03. The van der Waals surface area contributed by atoms with Crippen LogP contribution in [0.1, 0.15) is 30.9 Å². The quantitative estimate of drug-likeness (QED) is 0.331. The van der Waals surface area contributed by atoms with Gasteiger partial charge in [0.15, 0.2) is 11.5 Å². The van der Waals surface area contributed by atoms with Crippen LogP contribution < -0.4 is 14.2 Å². The van der Waals surface area contributed by atoms with Crippen molar-refractivity contribution in [1.82, 2.24) is 0 Å². The largest absolute Gasteiger partial charge is 0.493 e. The Morgan fingerprint density at radius 3 is 2.61 bits per heavy atom. The van der Waals surface area contributed by atoms with Crippen LogP contribution in [-0.2, 0) is 11.2 Å². The first-order chi connectivity index (χ1) is 15.8. The van der Waals surface area contributed by atoms with Crippen molar-refractivity contribution in [3.8, 4) is 23.0 Å². The van der Waals surface area contributed by atoms with E-state index in [4.69, 9.17) is 30.9 Å². The number of hydrogen-bond donors (Lipinski definition) is 1. The van der Waals surface area contributed by atoms with E-state index in [2.05, 4.69) is 0 Å². The Morgan fingerprint density at radius 2 is 1.88 bits per heavy atom. The molecule has 0 saturated heterocycles. The van der Waals surface area contributed by atoms with Crippen LogP contribution in [0.3, 0.4) is 0 Å². The van der Waals surface area contributed by atoms with Crippen LogP contribution in [0.4, 0.5) is 4.39 Å². The second-order valence-electron chi connectivity index (χ2n) is 7.70. The number of carboxylic acid groups (broad SMARTS) is 1. The molecule has 7 heteroatoms. The summed E-state index contributed by atoms with van der Waals surface area (Å²) < 4.78 is 31.1. The van der Waals surface area contributed by atoms with Gasteiger partial charge in [0.2, 0.25) is 0 Å². The van der Waals surface area contributed by atoms with E-state index in [1.807, 2.05) is 32.0 Å². The van der Waals surface area contributed by atoms with Crippen LogP contribution in [0.5, 0.6) is 23.0 Å². The van der Waals surface area contributed by atoms with Gasteiger partial charge in [0.05, 0.1) is 12.7 Å². The van der Waals surface area contributed by atoms with E-state index in [1.54, 1.807) is 30.3 Å². The molecule has 174 valence electrons. The zero-order valence-electron chi connectivity index (χ0n) is 18.5. The lowest BCUT2D eigenvalue weighted by Gasteiger charge is -2.18. The van der Waals surface area contributed by atoms with Gasteiger partial charge in [-0.15, -0.1) is 0 Å². The summed E-state index contributed by atoms with van der Waals surface area (Å²) >= 11 is 6.10. The van der Waals surface area contributed by atoms with E-state index in [-0.39, 0.29) is 12.5 Å². The molecule has 0 heterocycles. The third-order valence-electron chi connectivity index (χ3n) is 4.97. The second kappa shape index (κ2) is 11.6. The molecule has 0 aliphatic heterocycles. The summed E-state index contributed by atoms with van der Waals surface area (Å²) in [5.74, 6) is 0.755. The Hall–Kier alpha value is -3.25. The predicted molar refractivity (Wildman–Crippen MR) is 125 cm³/mol. The van der Waals surface area contributed by atoms with Crippen molar-refractivity contribution in [1.29, 1.82) is 0 Å². The summed E-state index contributed by atoms with van der Waals surface area (Å²) in [5.41, 5.74) is 1.99. The predicted octanol–water partition coefficient (Wildman–Crippen LogP) is 6.83. The number of hydrogen-bond acceptors (Lipinski definition) is 4. The molecule has 0 aromatic heterocycles. The summed E-state index contributed by atoms with van der Waals surface area (Å²) in [4.78, 5) is 10.8. The van der Waals surface area contributed by atoms with Gasteiger partial charge >= 0.3 is 5.97 Å². The van der Waals surface area contributed by atoms with E-state index in [0.29, 0.717) is 41.7 Å². The average molecular weight is 473 g/mol. The van der Waals surface area contributed by atoms with E-state index < -0.39 is 11.8 Å². The molecule has 5 nitrogen and oxygen atoms in total. The molecule has 0 fully saturated rings. The maximum atomic E-state index is 13.5. The van der Waals surface area contributed by atoms with E-state index >= 15 is 0 Å². The van der Waals surface area contributed by atoms with Crippen LogP contribution in [-0.4, -0.2) is 23.8 Å². The van der Waals surface area contributed by atoms with Crippen molar-refractivity contribution in [2.45, 2.75) is 39.2 Å². The summed E-state index contributed by atoms with van der Waals surface area (Å²) in [6, 6.07) is 16.5. The molecule has 0 amide bonds. The first-order valence-electron chi connectivity index (χ1n) is 10.6. The van der Waals surface area contributed by atoms with E-state index in [9.17, 15) is 9.18 Å². The van der Waals surface area contributed by atoms with Gasteiger partial charge in [0.1, 0.15) is 17.3 Å². The minimum atomic E-state index is -0.811. The van der Waals surface area contributed by atoms with Crippen LogP contribution in [0.25, 0.3) is 0 Å². The molecule has 3 aromatic rings. The summed E-state index contributed by atoms with van der Waals surface area (Å²) in [6.45, 7) is 4.30. The van der Waals surface area contributed by atoms with Crippen molar-refractivity contribution in [3.05, 3.63) is 82.6 Å². The molecular formula is C26H26ClFO5. The Balaban J connectivity index is 1.55. The third kappa shape index (κ3) is 7.68. The minimum Gasteiger partial charge on any atom is -0.493 e. The molecule has 0 radical (unpaired) electrons. The highest BCUT2D eigenvalue weighted by Crippen LogP contribution is 2.35. The highest BCUT2D eigenvalue weighted by molar-refractivity contribution is 6.30. The molecule has 0 saturated carbocycles. The van der Waals surface area contributed by atoms with Gasteiger partial charge in [0.25, 0.3) is 0 Å². The first kappa shape index (κ1) is 24.4. The molecular weight excluding hydrogens is 447 g/mol. The zero-order chi connectivity index (χ0) is 23.8. The first-order valence-corrected chi connectivity index (χ1v) is 11.0. The Bertz CT molecular complexity index is 1100. The topological polar surface area (TPSA) is 65.0 Å². The monoisotopic (exact) mass is 472 g/mol. The zero-order valence-corrected chi connectivity index (χ0v) is 19.3. The van der Waals surface area contributed by atoms with Gasteiger partial charge in [-0.1, -0.05) is 23.7 Å². The molecule has 0 spiro atoms. The second-order valence-corrected chi connectivity index (χ2v) is 8.13. The maximum absolute atomic E-state index is 13.5. The number of rotatable bonds is 11. The normalized spacial score (nSPS) is 11.6. The van der Waals surface area contributed by atoms with Gasteiger partial charge in [-0.2, -0.15) is 0 Å². The lowest BCUT2D eigenvalue weighted by Crippen LogP contribution is -2.16. The molecule has 0 bridgehead atoms. The third-order valence-corrected chi connectivity index (χ3v) is 5.21. The van der Waals surface area contributed by atoms with Gasteiger partial charge in [-0.3, -0.25) is 4.79 Å². The highest BCUT2D eigenvalue weighted by atomic mass is 35.5. The van der Waals surface area contributed by atoms with Crippen LogP contribution >= 0.6 is 11.6 Å². The fourth-order valence-corrected chi connectivity index (χ4v) is 3.38. The van der Waals surface area contributed by atoms with Crippen molar-refractivity contribution in [2.24, 2.45) is 0 Å². The van der Waals surface area contributed by atoms with Crippen LogP contribution in [0.2, 0.25) is 5.02 Å². The van der Waals surface area contributed by atoms with Crippen molar-refractivity contribution in [3.63, 3.8) is 0 Å². The standard InChI is InChI=1S/C26H26ClFO5/c1-17-14-22(9-6-19(17)7-11-26(29)30)31-13-12-18(2)32-24-10-8-20(27)15-25(24)33-23-5-3-4-21(28)16-23/h3-6,8-10,14-16,18H,7,11-13H2,1-2H3,(H,29,30). The van der Waals surface area contributed by atoms with Crippen LogP contribution in [0, 0.1) is 12.7 Å². The smallest absolute Gasteiger partial charge is 0.303 e. The molecule has 0 aliphatic carbocycles. The number of aliphatic carboxylic acids is 1. The molecule has 1 N–H and O–H groups in total. The van der Waals surface area contributed by atoms with Gasteiger partial charge < -0.3 is 19.3 Å². The molecule has 33 heavy (non-hydrogen) atoms. The number of halogens is 2. The number of benzene rings is 3. The summed E-state index contributed by atoms with van der Waals surface area (Å²) in [7, 11) is 0. The molecule has 1 unspecified atom stereocenters. The Kier molecular flexibility index (Phi) is 8.55. The minimum absolute atomic E-state index is 0.103.